The van der Waals surface area contributed by atoms with Gasteiger partial charge in [0.2, 0.25) is 0 Å². The molecule has 0 unspecified atom stereocenters. The Balaban J connectivity index is 2.14. The van der Waals surface area contributed by atoms with Gasteiger partial charge in [-0.1, -0.05) is 24.3 Å². The zero-order chi connectivity index (χ0) is 17.3. The maximum atomic E-state index is 12.4. The van der Waals surface area contributed by atoms with Crippen molar-refractivity contribution in [3.63, 3.8) is 0 Å². The molecular formula is C15H10N4O5. The molecular weight excluding hydrogens is 316 g/mol. The van der Waals surface area contributed by atoms with E-state index >= 15 is 0 Å². The van der Waals surface area contributed by atoms with Crippen molar-refractivity contribution < 1.29 is 9.72 Å². The van der Waals surface area contributed by atoms with Crippen LogP contribution in [0.5, 0.6) is 0 Å². The highest BCUT2D eigenvalue weighted by molar-refractivity contribution is 6.00. The molecule has 0 aliphatic carbocycles. The van der Waals surface area contributed by atoms with Crippen LogP contribution in [0.25, 0.3) is 10.9 Å². The van der Waals surface area contributed by atoms with Gasteiger partial charge in [0.25, 0.3) is 17.2 Å². The van der Waals surface area contributed by atoms with Gasteiger partial charge >= 0.3 is 5.69 Å². The third-order valence-electron chi connectivity index (χ3n) is 3.36. The zero-order valence-electron chi connectivity index (χ0n) is 12.1. The van der Waals surface area contributed by atoms with Crippen molar-refractivity contribution in [1.29, 1.82) is 0 Å². The van der Waals surface area contributed by atoms with Crippen molar-refractivity contribution in [1.82, 2.24) is 9.66 Å². The van der Waals surface area contributed by atoms with Crippen LogP contribution in [-0.2, 0) is 0 Å². The minimum atomic E-state index is -0.980. The lowest BCUT2D eigenvalue weighted by molar-refractivity contribution is -0.383. The topological polar surface area (TPSA) is 127 Å². The molecule has 0 aliphatic heterocycles. The van der Waals surface area contributed by atoms with Crippen LogP contribution < -0.4 is 16.7 Å². The summed E-state index contributed by atoms with van der Waals surface area (Å²) in [5, 5.41) is 10.9. The van der Waals surface area contributed by atoms with E-state index in [9.17, 15) is 24.5 Å². The lowest BCUT2D eigenvalue weighted by Crippen LogP contribution is -2.43. The van der Waals surface area contributed by atoms with Crippen LogP contribution >= 0.6 is 0 Å². The number of hydrogen-bond donors (Lipinski definition) is 2. The lowest BCUT2D eigenvalue weighted by atomic mass is 10.2. The molecule has 0 fully saturated rings. The summed E-state index contributed by atoms with van der Waals surface area (Å²) in [7, 11) is 0. The molecule has 9 heteroatoms. The molecule has 120 valence electrons. The number of benzene rings is 2. The molecule has 1 amide bonds. The molecule has 0 bridgehead atoms. The Labute approximate surface area is 133 Å². The maximum Gasteiger partial charge on any atom is 0.348 e. The van der Waals surface area contributed by atoms with Crippen molar-refractivity contribution >= 4 is 22.5 Å². The largest absolute Gasteiger partial charge is 0.348 e. The fourth-order valence-corrected chi connectivity index (χ4v) is 2.23. The SMILES string of the molecule is O=C(Nn1c(=O)[nH]c2c([N+](=O)[O-])cccc2c1=O)c1ccccc1. The van der Waals surface area contributed by atoms with Gasteiger partial charge in [0, 0.05) is 11.6 Å². The van der Waals surface area contributed by atoms with Crippen molar-refractivity contribution in [2.45, 2.75) is 0 Å². The highest BCUT2D eigenvalue weighted by Gasteiger charge is 2.18. The fourth-order valence-electron chi connectivity index (χ4n) is 2.23. The third-order valence-corrected chi connectivity index (χ3v) is 3.36. The van der Waals surface area contributed by atoms with Crippen LogP contribution in [0, 0.1) is 10.1 Å². The number of nitrogens with one attached hydrogen (secondary N) is 2. The first-order chi connectivity index (χ1) is 11.5. The Kier molecular flexibility index (Phi) is 3.66. The summed E-state index contributed by atoms with van der Waals surface area (Å²) in [6, 6.07) is 11.8. The second-order valence-corrected chi connectivity index (χ2v) is 4.83. The molecule has 2 N–H and O–H groups in total. The number of aromatic amines is 1. The monoisotopic (exact) mass is 326 g/mol. The Morgan fingerprint density at radius 1 is 1.08 bits per heavy atom. The van der Waals surface area contributed by atoms with Gasteiger partial charge < -0.3 is 0 Å². The fraction of sp³-hybridized carbons (Fsp3) is 0. The number of carbonyl (C=O) groups is 1. The van der Waals surface area contributed by atoms with Crippen LogP contribution in [0.3, 0.4) is 0 Å². The molecule has 0 radical (unpaired) electrons. The van der Waals surface area contributed by atoms with E-state index in [1.807, 2.05) is 0 Å². The van der Waals surface area contributed by atoms with Crippen molar-refractivity contribution in [3.05, 3.63) is 85.0 Å². The number of rotatable bonds is 3. The van der Waals surface area contributed by atoms with Gasteiger partial charge in [-0.3, -0.25) is 30.1 Å². The van der Waals surface area contributed by atoms with E-state index in [1.165, 1.54) is 30.3 Å². The quantitative estimate of drug-likeness (QED) is 0.548. The second kappa shape index (κ2) is 5.80. The molecule has 24 heavy (non-hydrogen) atoms. The standard InChI is InChI=1S/C15H10N4O5/c20-13(9-5-2-1-3-6-9)17-18-14(21)10-7-4-8-11(19(23)24)12(10)16-15(18)22/h1-8H,(H,16,22)(H,17,20). The first kappa shape index (κ1) is 15.2. The number of para-hydroxylation sites is 1. The molecule has 0 aliphatic rings. The van der Waals surface area contributed by atoms with E-state index in [1.54, 1.807) is 18.2 Å². The van der Waals surface area contributed by atoms with Crippen molar-refractivity contribution in [2.75, 3.05) is 5.43 Å². The van der Waals surface area contributed by atoms with Crippen molar-refractivity contribution in [2.24, 2.45) is 0 Å². The molecule has 1 aromatic heterocycles. The number of H-pyrrole nitrogens is 1. The van der Waals surface area contributed by atoms with Crippen molar-refractivity contribution in [3.8, 4) is 0 Å². The summed E-state index contributed by atoms with van der Waals surface area (Å²) in [4.78, 5) is 49.1. The molecule has 0 saturated carbocycles. The Morgan fingerprint density at radius 3 is 2.46 bits per heavy atom. The predicted molar refractivity (Wildman–Crippen MR) is 85.6 cm³/mol. The van der Waals surface area contributed by atoms with Gasteiger partial charge in [-0.2, -0.15) is 4.68 Å². The van der Waals surface area contributed by atoms with Crippen LogP contribution in [0.4, 0.5) is 5.69 Å². The molecule has 2 aromatic carbocycles. The minimum Gasteiger partial charge on any atom is -0.299 e. The first-order valence-electron chi connectivity index (χ1n) is 6.78. The summed E-state index contributed by atoms with van der Waals surface area (Å²) < 4.78 is 0.487. The van der Waals surface area contributed by atoms with Crippen LogP contribution in [0.1, 0.15) is 10.4 Å². The average Bonchev–Trinajstić information content (AvgIpc) is 2.58. The van der Waals surface area contributed by atoms with Gasteiger partial charge in [0.1, 0.15) is 5.52 Å². The summed E-state index contributed by atoms with van der Waals surface area (Å²) in [5.74, 6) is -0.659. The second-order valence-electron chi connectivity index (χ2n) is 4.83. The number of non-ortho nitro benzene ring substituents is 1. The molecule has 0 atom stereocenters. The number of aromatic nitrogens is 2. The number of nitrogens with zero attached hydrogens (tertiary/aromatic N) is 2. The van der Waals surface area contributed by atoms with E-state index in [0.29, 0.717) is 4.68 Å². The minimum absolute atomic E-state index is 0.0860. The van der Waals surface area contributed by atoms with E-state index < -0.39 is 27.8 Å². The molecule has 3 rings (SSSR count). The van der Waals surface area contributed by atoms with Crippen LogP contribution in [-0.4, -0.2) is 20.5 Å². The Morgan fingerprint density at radius 2 is 1.79 bits per heavy atom. The number of carbonyl (C=O) groups excluding carboxylic acids is 1. The predicted octanol–water partition coefficient (Wildman–Crippen LogP) is 0.982. The van der Waals surface area contributed by atoms with E-state index in [0.717, 1.165) is 0 Å². The van der Waals surface area contributed by atoms with E-state index in [4.69, 9.17) is 0 Å². The first-order valence-corrected chi connectivity index (χ1v) is 6.78. The van der Waals surface area contributed by atoms with Gasteiger partial charge in [0.05, 0.1) is 10.3 Å². The summed E-state index contributed by atoms with van der Waals surface area (Å²) in [6.07, 6.45) is 0. The molecule has 1 heterocycles. The van der Waals surface area contributed by atoms with Gasteiger partial charge in [-0.25, -0.2) is 4.79 Å². The third kappa shape index (κ3) is 2.54. The summed E-state index contributed by atoms with van der Waals surface area (Å²) in [6.45, 7) is 0. The Hall–Kier alpha value is -3.75. The average molecular weight is 326 g/mol. The van der Waals surface area contributed by atoms with Crippen LogP contribution in [0.2, 0.25) is 0 Å². The normalized spacial score (nSPS) is 10.5. The summed E-state index contributed by atoms with van der Waals surface area (Å²) >= 11 is 0. The van der Waals surface area contributed by atoms with E-state index in [-0.39, 0.29) is 16.5 Å². The molecule has 3 aromatic rings. The number of nitro benzene ring substituents is 1. The Bertz CT molecular complexity index is 1070. The van der Waals surface area contributed by atoms with Gasteiger partial charge in [0.15, 0.2) is 0 Å². The van der Waals surface area contributed by atoms with Gasteiger partial charge in [-0.05, 0) is 18.2 Å². The number of hydrogen-bond acceptors (Lipinski definition) is 5. The van der Waals surface area contributed by atoms with Crippen LogP contribution in [0.15, 0.2) is 58.1 Å². The van der Waals surface area contributed by atoms with Gasteiger partial charge in [-0.15, -0.1) is 0 Å². The zero-order valence-corrected chi connectivity index (χ0v) is 12.1. The smallest absolute Gasteiger partial charge is 0.299 e. The molecule has 0 saturated heterocycles. The number of amides is 1. The molecule has 0 spiro atoms. The highest BCUT2D eigenvalue weighted by Crippen LogP contribution is 2.19. The lowest BCUT2D eigenvalue weighted by Gasteiger charge is -2.08. The molecule has 9 nitrogen and oxygen atoms in total. The maximum absolute atomic E-state index is 12.4. The summed E-state index contributed by atoms with van der Waals surface area (Å²) in [5.41, 5.74) is 0.00825. The highest BCUT2D eigenvalue weighted by atomic mass is 16.6. The number of nitro groups is 1. The number of fused-ring (bicyclic) bond motifs is 1. The van der Waals surface area contributed by atoms with E-state index in [2.05, 4.69) is 10.4 Å².